The third-order valence-electron chi connectivity index (χ3n) is 7.25. The number of carbonyl (C=O) groups is 1. The Morgan fingerprint density at radius 3 is 2.92 bits per heavy atom. The van der Waals surface area contributed by atoms with E-state index >= 15 is 0 Å². The summed E-state index contributed by atoms with van der Waals surface area (Å²) in [5.74, 6) is 1.03. The van der Waals surface area contributed by atoms with Crippen LogP contribution >= 0.6 is 0 Å². The van der Waals surface area contributed by atoms with Gasteiger partial charge < -0.3 is 4.74 Å². The predicted octanol–water partition coefficient (Wildman–Crippen LogP) is 2.52. The van der Waals surface area contributed by atoms with Crippen LogP contribution in [-0.2, 0) is 19.8 Å². The summed E-state index contributed by atoms with van der Waals surface area (Å²) in [6, 6.07) is 8.42. The normalized spacial score (nSPS) is 40.3. The summed E-state index contributed by atoms with van der Waals surface area (Å²) < 4.78 is 6.38. The molecule has 0 radical (unpaired) electrons. The molecule has 1 aromatic carbocycles. The van der Waals surface area contributed by atoms with Crippen LogP contribution in [0.5, 0.6) is 0 Å². The Kier molecular flexibility index (Phi) is 3.58. The van der Waals surface area contributed by atoms with E-state index in [0.717, 1.165) is 37.2 Å². The van der Waals surface area contributed by atoms with Gasteiger partial charge in [-0.15, -0.1) is 0 Å². The Balaban J connectivity index is 1.70. The molecular weight excluding hydrogens is 328 g/mol. The first-order valence-electron chi connectivity index (χ1n) is 9.57. The summed E-state index contributed by atoms with van der Waals surface area (Å²) in [5.41, 5.74) is 2.80. The molecule has 4 fully saturated rings. The summed E-state index contributed by atoms with van der Waals surface area (Å²) in [6.45, 7) is 3.88. The lowest BCUT2D eigenvalue weighted by molar-refractivity contribution is -0.137. The van der Waals surface area contributed by atoms with Crippen LogP contribution in [0, 0.1) is 11.8 Å². The zero-order chi connectivity index (χ0) is 18.1. The lowest BCUT2D eigenvalue weighted by atomic mass is 9.72. The van der Waals surface area contributed by atoms with Crippen molar-refractivity contribution in [2.75, 3.05) is 32.4 Å². The van der Waals surface area contributed by atoms with E-state index in [2.05, 4.69) is 31.0 Å². The fourth-order valence-electron chi connectivity index (χ4n) is 6.01. The van der Waals surface area contributed by atoms with Crippen LogP contribution in [0.4, 0.5) is 5.69 Å². The van der Waals surface area contributed by atoms with Crippen LogP contribution in [0.25, 0.3) is 0 Å². The van der Waals surface area contributed by atoms with Crippen molar-refractivity contribution in [2.45, 2.75) is 37.3 Å². The number of fused-ring (bicyclic) bond motifs is 2. The molecule has 1 aromatic rings. The molecular formula is C21H26N2O3. The minimum Gasteiger partial charge on any atom is -0.376 e. The first-order valence-corrected chi connectivity index (χ1v) is 9.57. The van der Waals surface area contributed by atoms with Gasteiger partial charge in [0.2, 0.25) is 0 Å². The summed E-state index contributed by atoms with van der Waals surface area (Å²) in [6.07, 6.45) is 3.91. The number of ether oxygens (including phenoxy) is 1. The molecule has 1 aliphatic carbocycles. The summed E-state index contributed by atoms with van der Waals surface area (Å²) in [5, 5.41) is 1.48. The van der Waals surface area contributed by atoms with Gasteiger partial charge in [0.15, 0.2) is 0 Å². The molecule has 5 atom stereocenters. The van der Waals surface area contributed by atoms with Gasteiger partial charge in [-0.3, -0.25) is 14.5 Å². The zero-order valence-corrected chi connectivity index (χ0v) is 15.6. The Bertz CT molecular complexity index is 791. The number of anilines is 1. The quantitative estimate of drug-likeness (QED) is 0.727. The van der Waals surface area contributed by atoms with Gasteiger partial charge in [0, 0.05) is 18.5 Å². The number of piperidine rings is 1. The van der Waals surface area contributed by atoms with E-state index in [0.29, 0.717) is 17.9 Å². The van der Waals surface area contributed by atoms with Gasteiger partial charge in [0.05, 0.1) is 25.5 Å². The van der Waals surface area contributed by atoms with Crippen LogP contribution in [0.1, 0.15) is 25.3 Å². The number of likely N-dealkylation sites (tertiary alicyclic amines) is 1. The number of para-hydroxylation sites is 1. The minimum absolute atomic E-state index is 0.0369. The molecule has 5 aliphatic rings. The number of hydrogen-bond acceptors (Lipinski definition) is 4. The number of carbonyl (C=O) groups excluding carboxylic acids is 1. The third kappa shape index (κ3) is 1.89. The molecule has 138 valence electrons. The Labute approximate surface area is 154 Å². The van der Waals surface area contributed by atoms with E-state index < -0.39 is 5.41 Å². The summed E-state index contributed by atoms with van der Waals surface area (Å²) >= 11 is 0. The SMILES string of the molecule is C/C=C1/CN(C)[C@@H]2C[C@@]3(C(=O)N(OC)c4ccccc43)[C@H]3C[C@@H]1[C@@H]2CO3. The molecule has 0 unspecified atom stereocenters. The van der Waals surface area contributed by atoms with E-state index in [9.17, 15) is 4.79 Å². The van der Waals surface area contributed by atoms with Gasteiger partial charge in [0.1, 0.15) is 5.41 Å². The number of hydroxylamine groups is 1. The van der Waals surface area contributed by atoms with E-state index in [-0.39, 0.29) is 12.0 Å². The second kappa shape index (κ2) is 5.65. The number of likely N-dealkylation sites (N-methyl/N-ethyl adjacent to an activating group) is 1. The van der Waals surface area contributed by atoms with Crippen LogP contribution < -0.4 is 5.06 Å². The molecule has 1 amide bonds. The Morgan fingerprint density at radius 2 is 2.15 bits per heavy atom. The minimum atomic E-state index is -0.641. The van der Waals surface area contributed by atoms with Crippen molar-refractivity contribution in [2.24, 2.45) is 11.8 Å². The number of rotatable bonds is 1. The molecule has 4 heterocycles. The highest BCUT2D eigenvalue weighted by molar-refractivity contribution is 6.07. The number of amides is 1. The summed E-state index contributed by atoms with van der Waals surface area (Å²) in [7, 11) is 3.77. The second-order valence-electron chi connectivity index (χ2n) is 8.15. The molecule has 0 aromatic heterocycles. The number of benzene rings is 1. The largest absolute Gasteiger partial charge is 0.376 e. The molecule has 4 aliphatic heterocycles. The van der Waals surface area contributed by atoms with E-state index in [4.69, 9.17) is 9.57 Å². The highest BCUT2D eigenvalue weighted by Gasteiger charge is 2.63. The average Bonchev–Trinajstić information content (AvgIpc) is 2.77. The van der Waals surface area contributed by atoms with Crippen molar-refractivity contribution >= 4 is 11.6 Å². The lowest BCUT2D eigenvalue weighted by Crippen LogP contribution is -2.50. The number of nitrogens with zero attached hydrogens (tertiary/aromatic N) is 2. The monoisotopic (exact) mass is 354 g/mol. The first-order chi connectivity index (χ1) is 12.6. The molecule has 6 rings (SSSR count). The maximum atomic E-state index is 13.6. The molecule has 26 heavy (non-hydrogen) atoms. The van der Waals surface area contributed by atoms with Gasteiger partial charge in [-0.25, -0.2) is 0 Å². The third-order valence-corrected chi connectivity index (χ3v) is 7.25. The van der Waals surface area contributed by atoms with Crippen molar-refractivity contribution in [1.82, 2.24) is 4.90 Å². The van der Waals surface area contributed by atoms with E-state index in [1.54, 1.807) is 7.11 Å². The summed E-state index contributed by atoms with van der Waals surface area (Å²) in [4.78, 5) is 21.6. The van der Waals surface area contributed by atoms with Gasteiger partial charge in [-0.2, -0.15) is 5.06 Å². The number of allylic oxidation sites excluding steroid dienone is 1. The van der Waals surface area contributed by atoms with Gasteiger partial charge in [0.25, 0.3) is 5.91 Å². The van der Waals surface area contributed by atoms with Gasteiger partial charge in [-0.1, -0.05) is 29.8 Å². The van der Waals surface area contributed by atoms with Crippen LogP contribution in [-0.4, -0.2) is 50.3 Å². The highest BCUT2D eigenvalue weighted by Crippen LogP contribution is 2.57. The molecule has 1 saturated carbocycles. The first kappa shape index (κ1) is 16.5. The molecule has 4 bridgehead atoms. The predicted molar refractivity (Wildman–Crippen MR) is 98.7 cm³/mol. The lowest BCUT2D eigenvalue weighted by Gasteiger charge is -2.46. The standard InChI is InChI=1S/C21H26N2O3/c1-4-13-11-22(2)18-10-21(19-9-14(13)15(18)12-26-19)16-7-5-6-8-17(16)23(25-3)20(21)24/h4-8,14-15,18-19H,9-12H2,1-3H3/b13-4-/t14-,15-,18+,19+,21-/m0/s1. The van der Waals surface area contributed by atoms with Crippen molar-refractivity contribution in [1.29, 1.82) is 0 Å². The Hall–Kier alpha value is -1.69. The smallest absolute Gasteiger partial charge is 0.264 e. The van der Waals surface area contributed by atoms with Crippen LogP contribution in [0.2, 0.25) is 0 Å². The molecule has 5 heteroatoms. The van der Waals surface area contributed by atoms with Crippen molar-refractivity contribution in [3.05, 3.63) is 41.5 Å². The molecule has 0 N–H and O–H groups in total. The maximum absolute atomic E-state index is 13.6. The van der Waals surface area contributed by atoms with Crippen LogP contribution in [0.3, 0.4) is 0 Å². The van der Waals surface area contributed by atoms with Crippen molar-refractivity contribution in [3.63, 3.8) is 0 Å². The van der Waals surface area contributed by atoms with Crippen molar-refractivity contribution < 1.29 is 14.4 Å². The van der Waals surface area contributed by atoms with Gasteiger partial charge >= 0.3 is 0 Å². The molecule has 3 saturated heterocycles. The second-order valence-corrected chi connectivity index (χ2v) is 8.15. The molecule has 5 nitrogen and oxygen atoms in total. The average molecular weight is 354 g/mol. The fraction of sp³-hybridized carbons (Fsp3) is 0.571. The topological polar surface area (TPSA) is 42.0 Å². The van der Waals surface area contributed by atoms with Crippen LogP contribution in [0.15, 0.2) is 35.9 Å². The van der Waals surface area contributed by atoms with E-state index in [1.165, 1.54) is 10.6 Å². The maximum Gasteiger partial charge on any atom is 0.264 e. The molecule has 1 spiro atoms. The Morgan fingerprint density at radius 1 is 1.35 bits per heavy atom. The van der Waals surface area contributed by atoms with Crippen molar-refractivity contribution in [3.8, 4) is 0 Å². The number of hydrogen-bond donors (Lipinski definition) is 0. The van der Waals surface area contributed by atoms with E-state index in [1.807, 2.05) is 18.2 Å². The van der Waals surface area contributed by atoms with Gasteiger partial charge in [-0.05, 0) is 44.4 Å². The zero-order valence-electron chi connectivity index (χ0n) is 15.6. The highest BCUT2D eigenvalue weighted by atomic mass is 16.7. The fourth-order valence-corrected chi connectivity index (χ4v) is 6.01.